The van der Waals surface area contributed by atoms with Crippen molar-refractivity contribution in [1.82, 2.24) is 15.4 Å². The molecule has 6 heteroatoms. The summed E-state index contributed by atoms with van der Waals surface area (Å²) in [5.41, 5.74) is 12.0. The fourth-order valence-electron chi connectivity index (χ4n) is 2.74. The molecule has 28 heavy (non-hydrogen) atoms. The van der Waals surface area contributed by atoms with Crippen molar-refractivity contribution in [3.8, 4) is 0 Å². The molecule has 0 spiro atoms. The van der Waals surface area contributed by atoms with Gasteiger partial charge in [0.05, 0.1) is 6.21 Å². The Kier molecular flexibility index (Phi) is 4.98. The minimum atomic E-state index is -0.353. The van der Waals surface area contributed by atoms with Crippen LogP contribution in [0, 0.1) is 0 Å². The van der Waals surface area contributed by atoms with E-state index in [1.54, 1.807) is 30.8 Å². The lowest BCUT2D eigenvalue weighted by Gasteiger charge is -2.08. The Bertz CT molecular complexity index is 1180. The molecule has 0 bridgehead atoms. The van der Waals surface area contributed by atoms with Gasteiger partial charge in [-0.1, -0.05) is 29.7 Å². The highest BCUT2D eigenvalue weighted by molar-refractivity contribution is 5.98. The molecule has 2 N–H and O–H groups in total. The van der Waals surface area contributed by atoms with Gasteiger partial charge in [-0.2, -0.15) is 5.10 Å². The van der Waals surface area contributed by atoms with E-state index in [1.807, 2.05) is 42.6 Å². The summed E-state index contributed by atoms with van der Waals surface area (Å²) in [6, 6.07) is 11.6. The first-order valence-electron chi connectivity index (χ1n) is 8.64. The number of pyridine rings is 1. The molecule has 1 aromatic carbocycles. The van der Waals surface area contributed by atoms with E-state index < -0.39 is 0 Å². The van der Waals surface area contributed by atoms with Gasteiger partial charge in [-0.25, -0.2) is 5.43 Å². The van der Waals surface area contributed by atoms with Crippen molar-refractivity contribution < 1.29 is 9.53 Å². The molecule has 1 amide bonds. The Morgan fingerprint density at radius 1 is 1.29 bits per heavy atom. The van der Waals surface area contributed by atoms with Crippen molar-refractivity contribution in [3.05, 3.63) is 95.5 Å². The number of aromatic amines is 1. The van der Waals surface area contributed by atoms with Crippen LogP contribution in [0.4, 0.5) is 0 Å². The number of benzene rings is 1. The summed E-state index contributed by atoms with van der Waals surface area (Å²) < 4.78 is 5.53. The number of fused-ring (bicyclic) bond motifs is 1. The van der Waals surface area contributed by atoms with Gasteiger partial charge in [-0.05, 0) is 24.3 Å². The van der Waals surface area contributed by atoms with Crippen molar-refractivity contribution in [1.29, 1.82) is 0 Å². The number of hydrogen-bond acceptors (Lipinski definition) is 4. The summed E-state index contributed by atoms with van der Waals surface area (Å²) in [5.74, 6) is 0.169. The van der Waals surface area contributed by atoms with Crippen LogP contribution in [0.1, 0.15) is 11.1 Å². The average Bonchev–Trinajstić information content (AvgIpc) is 3.23. The van der Waals surface area contributed by atoms with Gasteiger partial charge < -0.3 is 9.72 Å². The highest BCUT2D eigenvalue weighted by Crippen LogP contribution is 2.18. The first kappa shape index (κ1) is 17.3. The molecule has 3 aromatic rings. The Balaban J connectivity index is 1.33. The fourth-order valence-corrected chi connectivity index (χ4v) is 2.74. The van der Waals surface area contributed by atoms with Crippen LogP contribution < -0.4 is 5.43 Å². The van der Waals surface area contributed by atoms with Gasteiger partial charge in [0.2, 0.25) is 0 Å². The molecule has 0 saturated carbocycles. The number of allylic oxidation sites excluding steroid dienone is 3. The maximum Gasteiger partial charge on any atom is 0.277 e. The van der Waals surface area contributed by atoms with Gasteiger partial charge in [0.15, 0.2) is 6.61 Å². The molecule has 0 radical (unpaired) electrons. The number of hydrazone groups is 1. The zero-order valence-electron chi connectivity index (χ0n) is 14.8. The summed E-state index contributed by atoms with van der Waals surface area (Å²) >= 11 is 0. The van der Waals surface area contributed by atoms with Crippen LogP contribution in [0.15, 0.2) is 89.5 Å². The van der Waals surface area contributed by atoms with Gasteiger partial charge in [-0.3, -0.25) is 9.78 Å². The molecule has 0 aliphatic heterocycles. The largest absolute Gasteiger partial charge is 0.483 e. The number of H-pyrrole nitrogens is 1. The second kappa shape index (κ2) is 8.06. The first-order valence-corrected chi connectivity index (χ1v) is 8.64. The van der Waals surface area contributed by atoms with Crippen molar-refractivity contribution in [2.45, 2.75) is 0 Å². The van der Waals surface area contributed by atoms with E-state index in [1.165, 1.54) is 0 Å². The highest BCUT2D eigenvalue weighted by Gasteiger charge is 2.06. The number of carbonyl (C=O) groups is 1. The van der Waals surface area contributed by atoms with E-state index in [0.29, 0.717) is 5.76 Å². The molecule has 0 fully saturated rings. The summed E-state index contributed by atoms with van der Waals surface area (Å²) in [5, 5.41) is 5.05. The number of hydrogen-bond donors (Lipinski definition) is 2. The number of rotatable bonds is 6. The molecule has 2 aromatic heterocycles. The molecular weight excluding hydrogens is 352 g/mol. The third-order valence-corrected chi connectivity index (χ3v) is 4.07. The summed E-state index contributed by atoms with van der Waals surface area (Å²) in [6.07, 6.45) is 10.3. The molecule has 2 heterocycles. The van der Waals surface area contributed by atoms with Crippen molar-refractivity contribution in [2.75, 3.05) is 6.61 Å². The molecule has 1 aliphatic rings. The smallest absolute Gasteiger partial charge is 0.277 e. The quantitative estimate of drug-likeness (QED) is 0.398. The van der Waals surface area contributed by atoms with Crippen molar-refractivity contribution in [3.63, 3.8) is 0 Å². The number of nitrogens with zero attached hydrogens (tertiary/aromatic N) is 2. The molecule has 0 atom stereocenters. The van der Waals surface area contributed by atoms with Gasteiger partial charge in [0, 0.05) is 52.3 Å². The lowest BCUT2D eigenvalue weighted by Crippen LogP contribution is -2.22. The van der Waals surface area contributed by atoms with Crippen LogP contribution in [-0.4, -0.2) is 28.7 Å². The van der Waals surface area contributed by atoms with E-state index in [-0.39, 0.29) is 12.5 Å². The topological polar surface area (TPSA) is 79.4 Å². The minimum Gasteiger partial charge on any atom is -0.483 e. The number of aromatic nitrogens is 2. The number of carbonyl (C=O) groups excluding carboxylic acids is 1. The van der Waals surface area contributed by atoms with E-state index in [2.05, 4.69) is 32.0 Å². The third kappa shape index (κ3) is 4.00. The van der Waals surface area contributed by atoms with E-state index >= 15 is 0 Å². The summed E-state index contributed by atoms with van der Waals surface area (Å²) in [4.78, 5) is 19.2. The predicted molar refractivity (Wildman–Crippen MR) is 107 cm³/mol. The van der Waals surface area contributed by atoms with Crippen molar-refractivity contribution >= 4 is 28.6 Å². The Hall–Kier alpha value is -4.11. The molecule has 0 unspecified atom stereocenters. The van der Waals surface area contributed by atoms with Gasteiger partial charge >= 0.3 is 0 Å². The van der Waals surface area contributed by atoms with Gasteiger partial charge in [0.25, 0.3) is 5.91 Å². The standard InChI is InChI=1S/C22H16N4O2/c27-22(26-25-14-18-5-2-8-21-20(18)9-11-24-21)15-28-19-7-1-4-16(12-19)17-6-3-10-23-13-17/h2-3,5-14,24H,15H2,(H,26,27)/b25-14+. The molecule has 0 saturated heterocycles. The van der Waals surface area contributed by atoms with E-state index in [9.17, 15) is 4.79 Å². The van der Waals surface area contributed by atoms with E-state index in [4.69, 9.17) is 4.74 Å². The van der Waals surface area contributed by atoms with Crippen LogP contribution in [-0.2, 0) is 9.53 Å². The van der Waals surface area contributed by atoms with Crippen LogP contribution in [0.5, 0.6) is 0 Å². The molecule has 4 rings (SSSR count). The zero-order chi connectivity index (χ0) is 19.2. The van der Waals surface area contributed by atoms with Crippen molar-refractivity contribution in [2.24, 2.45) is 5.10 Å². The number of amides is 1. The van der Waals surface area contributed by atoms with Crippen LogP contribution in [0.25, 0.3) is 16.5 Å². The zero-order valence-corrected chi connectivity index (χ0v) is 14.8. The normalized spacial score (nSPS) is 12.9. The Morgan fingerprint density at radius 2 is 2.25 bits per heavy atom. The third-order valence-electron chi connectivity index (χ3n) is 4.07. The lowest BCUT2D eigenvalue weighted by atomic mass is 10.1. The first-order chi connectivity index (χ1) is 13.8. The summed E-state index contributed by atoms with van der Waals surface area (Å²) in [7, 11) is 0. The summed E-state index contributed by atoms with van der Waals surface area (Å²) in [6.45, 7) is -0.157. The van der Waals surface area contributed by atoms with Crippen LogP contribution in [0.3, 0.4) is 0 Å². The monoisotopic (exact) mass is 368 g/mol. The Morgan fingerprint density at radius 3 is 3.14 bits per heavy atom. The number of ether oxygens (including phenoxy) is 1. The lowest BCUT2D eigenvalue weighted by molar-refractivity contribution is -0.124. The predicted octanol–water partition coefficient (Wildman–Crippen LogP) is 3.32. The molecule has 6 nitrogen and oxygen atoms in total. The Labute approximate surface area is 161 Å². The molecular formula is C22H16N4O2. The van der Waals surface area contributed by atoms with Crippen LogP contribution >= 0.6 is 0 Å². The minimum absolute atomic E-state index is 0.157. The highest BCUT2D eigenvalue weighted by atomic mass is 16.5. The van der Waals surface area contributed by atoms with Crippen LogP contribution in [0.2, 0.25) is 0 Å². The van der Waals surface area contributed by atoms with Gasteiger partial charge in [-0.15, -0.1) is 0 Å². The molecule has 136 valence electrons. The maximum absolute atomic E-state index is 12.0. The second-order valence-corrected chi connectivity index (χ2v) is 5.98. The maximum atomic E-state index is 12.0. The van der Waals surface area contributed by atoms with Gasteiger partial charge in [0.1, 0.15) is 5.76 Å². The number of nitrogens with one attached hydrogen (secondary N) is 2. The molecule has 1 aliphatic carbocycles. The van der Waals surface area contributed by atoms with E-state index in [0.717, 1.165) is 27.6 Å². The fraction of sp³-hybridized carbons (Fsp3) is 0.0455. The second-order valence-electron chi connectivity index (χ2n) is 5.98. The SMILES string of the molecule is O=C(COC1=CC(c2cccnc2)=C=C=C1)N/N=C/c1cccc2[nH]ccc12. The average molecular weight is 368 g/mol.